The van der Waals surface area contributed by atoms with Crippen LogP contribution in [0.5, 0.6) is 0 Å². The van der Waals surface area contributed by atoms with E-state index in [1.165, 1.54) is 0 Å². The third-order valence-electron chi connectivity index (χ3n) is 2.19. The Hall–Kier alpha value is -1.55. The van der Waals surface area contributed by atoms with Crippen LogP contribution in [0.3, 0.4) is 0 Å². The van der Waals surface area contributed by atoms with Gasteiger partial charge in [-0.15, -0.1) is 10.2 Å². The second-order valence-electron chi connectivity index (χ2n) is 3.53. The van der Waals surface area contributed by atoms with E-state index in [1.807, 2.05) is 25.1 Å². The normalized spacial score (nSPS) is 10.4. The number of halogens is 1. The summed E-state index contributed by atoms with van der Waals surface area (Å²) >= 11 is 5.87. The summed E-state index contributed by atoms with van der Waals surface area (Å²) in [6, 6.07) is 5.68. The van der Waals surface area contributed by atoms with Crippen LogP contribution >= 0.6 is 11.6 Å². The lowest BCUT2D eigenvalue weighted by atomic mass is 10.2. The first-order valence-corrected chi connectivity index (χ1v) is 5.32. The van der Waals surface area contributed by atoms with Gasteiger partial charge in [0.2, 0.25) is 11.8 Å². The van der Waals surface area contributed by atoms with Crippen molar-refractivity contribution < 1.29 is 4.42 Å². The molecule has 84 valence electrons. The van der Waals surface area contributed by atoms with Crippen LogP contribution < -0.4 is 5.32 Å². The zero-order chi connectivity index (χ0) is 11.5. The summed E-state index contributed by atoms with van der Waals surface area (Å²) in [5.41, 5.74) is 2.10. The molecule has 0 aliphatic carbocycles. The van der Waals surface area contributed by atoms with Gasteiger partial charge < -0.3 is 9.73 Å². The molecule has 4 nitrogen and oxygen atoms in total. The molecule has 0 aliphatic rings. The van der Waals surface area contributed by atoms with Crippen LogP contribution in [0.2, 0.25) is 5.02 Å². The minimum absolute atomic E-state index is 0.517. The van der Waals surface area contributed by atoms with Crippen LogP contribution in [0.1, 0.15) is 17.3 Å². The molecule has 0 saturated carbocycles. The molecule has 0 bridgehead atoms. The lowest BCUT2D eigenvalue weighted by molar-refractivity contribution is 0.475. The van der Waals surface area contributed by atoms with Crippen molar-refractivity contribution in [2.75, 3.05) is 5.32 Å². The molecule has 1 aromatic carbocycles. The average molecular weight is 238 g/mol. The summed E-state index contributed by atoms with van der Waals surface area (Å²) in [6.45, 7) is 4.28. The van der Waals surface area contributed by atoms with Gasteiger partial charge in [-0.25, -0.2) is 0 Å². The van der Waals surface area contributed by atoms with Crippen LogP contribution in [0.25, 0.3) is 0 Å². The van der Waals surface area contributed by atoms with Crippen LogP contribution in [-0.2, 0) is 6.54 Å². The third kappa shape index (κ3) is 2.52. The predicted octanol–water partition coefficient (Wildman–Crippen LogP) is 2.95. The minimum Gasteiger partial charge on any atom is -0.424 e. The average Bonchev–Trinajstić information content (AvgIpc) is 2.63. The van der Waals surface area contributed by atoms with Crippen LogP contribution in [-0.4, -0.2) is 10.2 Å². The van der Waals surface area contributed by atoms with Crippen LogP contribution in [0.4, 0.5) is 5.69 Å². The van der Waals surface area contributed by atoms with E-state index in [0.29, 0.717) is 18.3 Å². The number of rotatable bonds is 3. The molecule has 0 saturated heterocycles. The molecule has 0 unspecified atom stereocenters. The van der Waals surface area contributed by atoms with E-state index in [4.69, 9.17) is 16.0 Å². The molecule has 2 aromatic rings. The molecule has 2 rings (SSSR count). The van der Waals surface area contributed by atoms with Gasteiger partial charge in [-0.1, -0.05) is 11.6 Å². The number of benzene rings is 1. The Bertz CT molecular complexity index is 496. The first-order valence-electron chi connectivity index (χ1n) is 4.94. The van der Waals surface area contributed by atoms with Crippen molar-refractivity contribution in [3.05, 3.63) is 40.6 Å². The number of anilines is 1. The summed E-state index contributed by atoms with van der Waals surface area (Å²) in [4.78, 5) is 0. The molecule has 16 heavy (non-hydrogen) atoms. The number of aromatic nitrogens is 2. The highest BCUT2D eigenvalue weighted by molar-refractivity contribution is 6.30. The van der Waals surface area contributed by atoms with E-state index in [-0.39, 0.29) is 0 Å². The van der Waals surface area contributed by atoms with E-state index in [1.54, 1.807) is 6.92 Å². The molecule has 0 radical (unpaired) electrons. The quantitative estimate of drug-likeness (QED) is 0.892. The lowest BCUT2D eigenvalue weighted by Crippen LogP contribution is -2.01. The Morgan fingerprint density at radius 2 is 2.12 bits per heavy atom. The highest BCUT2D eigenvalue weighted by Crippen LogP contribution is 2.19. The molecule has 0 aliphatic heterocycles. The Labute approximate surface area is 98.6 Å². The highest BCUT2D eigenvalue weighted by atomic mass is 35.5. The molecule has 0 atom stereocenters. The topological polar surface area (TPSA) is 51.0 Å². The van der Waals surface area contributed by atoms with Gasteiger partial charge in [0.05, 0.1) is 6.54 Å². The number of aryl methyl sites for hydroxylation is 2. The standard InChI is InChI=1S/C11H12ClN3O/c1-7-5-9(12)3-4-10(7)13-6-11-15-14-8(2)16-11/h3-5,13H,6H2,1-2H3. The number of nitrogens with one attached hydrogen (secondary N) is 1. The molecule has 0 amide bonds. The van der Waals surface area contributed by atoms with Crippen molar-refractivity contribution in [2.24, 2.45) is 0 Å². The number of nitrogens with zero attached hydrogens (tertiary/aromatic N) is 2. The number of hydrogen-bond acceptors (Lipinski definition) is 4. The van der Waals surface area contributed by atoms with E-state index in [2.05, 4.69) is 15.5 Å². The van der Waals surface area contributed by atoms with Gasteiger partial charge in [-0.05, 0) is 30.7 Å². The molecule has 5 heteroatoms. The fourth-order valence-corrected chi connectivity index (χ4v) is 1.63. The molecular formula is C11H12ClN3O. The Kier molecular flexibility index (Phi) is 3.10. The van der Waals surface area contributed by atoms with Crippen molar-refractivity contribution in [3.8, 4) is 0 Å². The molecule has 1 heterocycles. The summed E-state index contributed by atoms with van der Waals surface area (Å²) in [5.74, 6) is 1.15. The zero-order valence-electron chi connectivity index (χ0n) is 9.12. The monoisotopic (exact) mass is 237 g/mol. The maximum atomic E-state index is 5.87. The summed E-state index contributed by atoms with van der Waals surface area (Å²) in [5, 5.41) is 11.6. The Balaban J connectivity index is 2.04. The fourth-order valence-electron chi connectivity index (χ4n) is 1.41. The third-order valence-corrected chi connectivity index (χ3v) is 2.42. The van der Waals surface area contributed by atoms with Crippen LogP contribution in [0.15, 0.2) is 22.6 Å². The predicted molar refractivity (Wildman–Crippen MR) is 62.6 cm³/mol. The summed E-state index contributed by atoms with van der Waals surface area (Å²) < 4.78 is 5.26. The van der Waals surface area contributed by atoms with Gasteiger partial charge >= 0.3 is 0 Å². The first-order chi connectivity index (χ1) is 7.65. The lowest BCUT2D eigenvalue weighted by Gasteiger charge is -2.07. The fraction of sp³-hybridized carbons (Fsp3) is 0.273. The van der Waals surface area contributed by atoms with Crippen molar-refractivity contribution >= 4 is 17.3 Å². The summed E-state index contributed by atoms with van der Waals surface area (Å²) in [7, 11) is 0. The Morgan fingerprint density at radius 1 is 1.31 bits per heavy atom. The van der Waals surface area contributed by atoms with E-state index in [9.17, 15) is 0 Å². The minimum atomic E-state index is 0.517. The molecule has 0 fully saturated rings. The first kappa shape index (κ1) is 11.0. The van der Waals surface area contributed by atoms with Crippen molar-refractivity contribution in [2.45, 2.75) is 20.4 Å². The van der Waals surface area contributed by atoms with E-state index < -0.39 is 0 Å². The SMILES string of the molecule is Cc1nnc(CNc2ccc(Cl)cc2C)o1. The summed E-state index contributed by atoms with van der Waals surface area (Å²) in [6.07, 6.45) is 0. The highest BCUT2D eigenvalue weighted by Gasteiger charge is 2.03. The Morgan fingerprint density at radius 3 is 2.75 bits per heavy atom. The largest absolute Gasteiger partial charge is 0.424 e. The molecule has 1 aromatic heterocycles. The molecular weight excluding hydrogens is 226 g/mol. The smallest absolute Gasteiger partial charge is 0.235 e. The maximum absolute atomic E-state index is 5.87. The van der Waals surface area contributed by atoms with Gasteiger partial charge in [0, 0.05) is 17.6 Å². The van der Waals surface area contributed by atoms with Gasteiger partial charge in [0.1, 0.15) is 0 Å². The van der Waals surface area contributed by atoms with Crippen molar-refractivity contribution in [1.29, 1.82) is 0 Å². The van der Waals surface area contributed by atoms with Crippen molar-refractivity contribution in [1.82, 2.24) is 10.2 Å². The van der Waals surface area contributed by atoms with Crippen molar-refractivity contribution in [3.63, 3.8) is 0 Å². The molecule has 0 spiro atoms. The second kappa shape index (κ2) is 4.53. The van der Waals surface area contributed by atoms with Gasteiger partial charge in [-0.2, -0.15) is 0 Å². The molecule has 1 N–H and O–H groups in total. The second-order valence-corrected chi connectivity index (χ2v) is 3.96. The zero-order valence-corrected chi connectivity index (χ0v) is 9.88. The van der Waals surface area contributed by atoms with Crippen LogP contribution in [0, 0.1) is 13.8 Å². The maximum Gasteiger partial charge on any atom is 0.235 e. The van der Waals surface area contributed by atoms with Gasteiger partial charge in [0.15, 0.2) is 0 Å². The van der Waals surface area contributed by atoms with E-state index in [0.717, 1.165) is 16.3 Å². The number of hydrogen-bond donors (Lipinski definition) is 1. The van der Waals surface area contributed by atoms with Gasteiger partial charge in [-0.3, -0.25) is 0 Å². The van der Waals surface area contributed by atoms with E-state index >= 15 is 0 Å². The van der Waals surface area contributed by atoms with Gasteiger partial charge in [0.25, 0.3) is 0 Å².